The van der Waals surface area contributed by atoms with Crippen LogP contribution in [0.15, 0.2) is 24.3 Å². The Hall–Kier alpha value is -1.84. The third kappa shape index (κ3) is 3.26. The topological polar surface area (TPSA) is 52.6 Å². The zero-order valence-electron chi connectivity index (χ0n) is 12.8. The van der Waals surface area contributed by atoms with Crippen LogP contribution in [-0.2, 0) is 14.3 Å². The maximum absolute atomic E-state index is 12.2. The van der Waals surface area contributed by atoms with Gasteiger partial charge in [-0.15, -0.1) is 0 Å². The van der Waals surface area contributed by atoms with E-state index in [4.69, 9.17) is 9.47 Å². The monoisotopic (exact) mass is 290 g/mol. The minimum Gasteiger partial charge on any atom is -0.465 e. The standard InChI is InChI=1S/C17H22O4/c1-4-20-16(19)17(3)11-5-6-14(17)21-15(18)13-9-7-12(2)8-10-13/h7-10,14H,4-6,11H2,1-3H3. The number of benzene rings is 1. The Morgan fingerprint density at radius 2 is 1.95 bits per heavy atom. The molecule has 0 bridgehead atoms. The lowest BCUT2D eigenvalue weighted by Gasteiger charge is -2.28. The Balaban J connectivity index is 2.09. The average molecular weight is 290 g/mol. The predicted molar refractivity (Wildman–Crippen MR) is 79.0 cm³/mol. The van der Waals surface area contributed by atoms with Crippen LogP contribution in [0.25, 0.3) is 0 Å². The number of hydrogen-bond acceptors (Lipinski definition) is 4. The summed E-state index contributed by atoms with van der Waals surface area (Å²) in [5, 5.41) is 0. The zero-order valence-corrected chi connectivity index (χ0v) is 12.8. The molecular formula is C17H22O4. The first-order valence-electron chi connectivity index (χ1n) is 7.42. The van der Waals surface area contributed by atoms with E-state index >= 15 is 0 Å². The van der Waals surface area contributed by atoms with Gasteiger partial charge in [-0.2, -0.15) is 0 Å². The van der Waals surface area contributed by atoms with Crippen molar-refractivity contribution >= 4 is 11.9 Å². The Kier molecular flexibility index (Phi) is 4.66. The number of rotatable bonds is 4. The lowest BCUT2D eigenvalue weighted by Crippen LogP contribution is -2.39. The number of carbonyl (C=O) groups is 2. The molecule has 2 unspecified atom stereocenters. The highest BCUT2D eigenvalue weighted by Gasteiger charge is 2.48. The first-order chi connectivity index (χ1) is 9.97. The molecule has 21 heavy (non-hydrogen) atoms. The van der Waals surface area contributed by atoms with Crippen LogP contribution in [0, 0.1) is 12.3 Å². The van der Waals surface area contributed by atoms with E-state index in [9.17, 15) is 9.59 Å². The van der Waals surface area contributed by atoms with Crippen LogP contribution < -0.4 is 0 Å². The number of esters is 2. The predicted octanol–water partition coefficient (Wildman–Crippen LogP) is 3.27. The molecule has 114 valence electrons. The molecule has 1 aromatic rings. The molecule has 2 atom stereocenters. The van der Waals surface area contributed by atoms with Gasteiger partial charge in [0.25, 0.3) is 0 Å². The SMILES string of the molecule is CCOC(=O)C1(C)CCCC1OC(=O)c1ccc(C)cc1. The normalized spacial score (nSPS) is 24.6. The van der Waals surface area contributed by atoms with E-state index in [1.54, 1.807) is 19.1 Å². The van der Waals surface area contributed by atoms with Crippen molar-refractivity contribution in [2.75, 3.05) is 6.61 Å². The van der Waals surface area contributed by atoms with Gasteiger partial charge in [0.2, 0.25) is 0 Å². The Labute approximate surface area is 125 Å². The molecule has 0 amide bonds. The van der Waals surface area contributed by atoms with Gasteiger partial charge >= 0.3 is 11.9 Å². The van der Waals surface area contributed by atoms with E-state index in [0.29, 0.717) is 25.0 Å². The van der Waals surface area contributed by atoms with Crippen LogP contribution in [-0.4, -0.2) is 24.6 Å². The van der Waals surface area contributed by atoms with E-state index in [1.165, 1.54) is 0 Å². The quantitative estimate of drug-likeness (QED) is 0.799. The third-order valence-corrected chi connectivity index (χ3v) is 4.15. The summed E-state index contributed by atoms with van der Waals surface area (Å²) in [6.07, 6.45) is 1.84. The summed E-state index contributed by atoms with van der Waals surface area (Å²) in [6.45, 7) is 5.91. The molecule has 2 rings (SSSR count). The highest BCUT2D eigenvalue weighted by atomic mass is 16.6. The molecule has 0 aliphatic heterocycles. The van der Waals surface area contributed by atoms with Gasteiger partial charge in [0.15, 0.2) is 0 Å². The first-order valence-corrected chi connectivity index (χ1v) is 7.42. The smallest absolute Gasteiger partial charge is 0.338 e. The number of hydrogen-bond donors (Lipinski definition) is 0. The molecule has 0 N–H and O–H groups in total. The van der Waals surface area contributed by atoms with Gasteiger partial charge in [0, 0.05) is 0 Å². The molecule has 0 radical (unpaired) electrons. The Morgan fingerprint density at radius 3 is 2.57 bits per heavy atom. The number of aryl methyl sites for hydroxylation is 1. The van der Waals surface area contributed by atoms with Gasteiger partial charge in [-0.05, 0) is 52.2 Å². The minimum absolute atomic E-state index is 0.274. The summed E-state index contributed by atoms with van der Waals surface area (Å²) in [7, 11) is 0. The van der Waals surface area contributed by atoms with Gasteiger partial charge in [0.1, 0.15) is 11.5 Å². The molecule has 0 aromatic heterocycles. The van der Waals surface area contributed by atoms with Gasteiger partial charge in [-0.3, -0.25) is 4.79 Å². The summed E-state index contributed by atoms with van der Waals surface area (Å²) in [4.78, 5) is 24.3. The third-order valence-electron chi connectivity index (χ3n) is 4.15. The maximum atomic E-state index is 12.2. The molecule has 1 aliphatic carbocycles. The van der Waals surface area contributed by atoms with Crippen LogP contribution in [0.5, 0.6) is 0 Å². The Bertz CT molecular complexity index is 520. The Morgan fingerprint density at radius 1 is 1.29 bits per heavy atom. The van der Waals surface area contributed by atoms with Crippen LogP contribution in [0.4, 0.5) is 0 Å². The first kappa shape index (κ1) is 15.5. The minimum atomic E-state index is -0.726. The van der Waals surface area contributed by atoms with E-state index < -0.39 is 11.5 Å². The summed E-state index contributed by atoms with van der Waals surface area (Å²) in [5.41, 5.74) is 0.874. The van der Waals surface area contributed by atoms with Crippen molar-refractivity contribution in [3.63, 3.8) is 0 Å². The fraction of sp³-hybridized carbons (Fsp3) is 0.529. The van der Waals surface area contributed by atoms with Crippen LogP contribution in [0.1, 0.15) is 49.0 Å². The molecule has 1 fully saturated rings. The molecule has 1 aromatic carbocycles. The van der Waals surface area contributed by atoms with Crippen molar-refractivity contribution < 1.29 is 19.1 Å². The second-order valence-corrected chi connectivity index (χ2v) is 5.79. The average Bonchev–Trinajstić information content (AvgIpc) is 2.82. The van der Waals surface area contributed by atoms with Crippen molar-refractivity contribution in [1.82, 2.24) is 0 Å². The number of ether oxygens (including phenoxy) is 2. The second-order valence-electron chi connectivity index (χ2n) is 5.79. The summed E-state index contributed by atoms with van der Waals surface area (Å²) < 4.78 is 10.7. The fourth-order valence-electron chi connectivity index (χ4n) is 2.74. The highest BCUT2D eigenvalue weighted by molar-refractivity contribution is 5.90. The molecule has 4 nitrogen and oxygen atoms in total. The van der Waals surface area contributed by atoms with Crippen molar-refractivity contribution in [3.05, 3.63) is 35.4 Å². The summed E-state index contributed by atoms with van der Waals surface area (Å²) >= 11 is 0. The molecular weight excluding hydrogens is 268 g/mol. The largest absolute Gasteiger partial charge is 0.465 e. The lowest BCUT2D eigenvalue weighted by molar-refractivity contribution is -0.159. The lowest BCUT2D eigenvalue weighted by atomic mass is 9.86. The molecule has 1 aliphatic rings. The van der Waals surface area contributed by atoms with E-state index in [0.717, 1.165) is 12.0 Å². The number of carbonyl (C=O) groups excluding carboxylic acids is 2. The van der Waals surface area contributed by atoms with Crippen molar-refractivity contribution in [2.24, 2.45) is 5.41 Å². The summed E-state index contributed by atoms with van der Waals surface area (Å²) in [5.74, 6) is -0.651. The van der Waals surface area contributed by atoms with Gasteiger partial charge in [-0.25, -0.2) is 4.79 Å². The molecule has 0 heterocycles. The molecule has 0 saturated heterocycles. The molecule has 4 heteroatoms. The van der Waals surface area contributed by atoms with Gasteiger partial charge in [0.05, 0.1) is 12.2 Å². The van der Waals surface area contributed by atoms with Crippen LogP contribution in [0.3, 0.4) is 0 Å². The van der Waals surface area contributed by atoms with Crippen molar-refractivity contribution in [1.29, 1.82) is 0 Å². The van der Waals surface area contributed by atoms with Crippen molar-refractivity contribution in [2.45, 2.75) is 46.1 Å². The van der Waals surface area contributed by atoms with Gasteiger partial charge < -0.3 is 9.47 Å². The van der Waals surface area contributed by atoms with Crippen LogP contribution in [0.2, 0.25) is 0 Å². The van der Waals surface area contributed by atoms with Crippen molar-refractivity contribution in [3.8, 4) is 0 Å². The summed E-state index contributed by atoms with van der Waals surface area (Å²) in [6, 6.07) is 7.23. The highest BCUT2D eigenvalue weighted by Crippen LogP contribution is 2.41. The van der Waals surface area contributed by atoms with E-state index in [2.05, 4.69) is 0 Å². The van der Waals surface area contributed by atoms with E-state index in [1.807, 2.05) is 26.0 Å². The van der Waals surface area contributed by atoms with Gasteiger partial charge in [-0.1, -0.05) is 17.7 Å². The molecule has 0 spiro atoms. The van der Waals surface area contributed by atoms with Crippen LogP contribution >= 0.6 is 0 Å². The molecule has 1 saturated carbocycles. The van der Waals surface area contributed by atoms with E-state index in [-0.39, 0.29) is 11.9 Å². The second kappa shape index (κ2) is 6.29. The zero-order chi connectivity index (χ0) is 15.5. The fourth-order valence-corrected chi connectivity index (χ4v) is 2.74. The maximum Gasteiger partial charge on any atom is 0.338 e.